The van der Waals surface area contributed by atoms with Gasteiger partial charge in [0.1, 0.15) is 18.1 Å². The van der Waals surface area contributed by atoms with Crippen molar-refractivity contribution >= 4 is 11.9 Å². The minimum atomic E-state index is -0.691. The number of carbonyl (C=O) groups is 2. The molecule has 35 heavy (non-hydrogen) atoms. The molecule has 0 bridgehead atoms. The largest absolute Gasteiger partial charge is 0.487 e. The molecule has 3 saturated carbocycles. The van der Waals surface area contributed by atoms with Gasteiger partial charge in [-0.15, -0.1) is 5.10 Å². The normalized spacial score (nSPS) is 31.6. The number of aromatic nitrogens is 3. The van der Waals surface area contributed by atoms with Gasteiger partial charge < -0.3 is 19.8 Å². The van der Waals surface area contributed by atoms with Gasteiger partial charge in [-0.3, -0.25) is 9.59 Å². The highest BCUT2D eigenvalue weighted by Crippen LogP contribution is 2.67. The Labute approximate surface area is 205 Å². The van der Waals surface area contributed by atoms with Gasteiger partial charge in [0.25, 0.3) is 0 Å². The standard InChI is InChI=1S/C26H34N4O5/c1-25(34)10-7-17(8-11-25)23(31)29(2)14-18-5-3-4-6-22(18)35-16-19-15-30(28-27-19)21-9-12-26(24(32)33)13-20(21)26/h3-6,15,17,20-21,34H,7-14,16H2,1-2H3,(H,32,33)/t17?,20-,21+,25?,26+/m0/s1. The van der Waals surface area contributed by atoms with E-state index in [1.54, 1.807) is 9.58 Å². The number of benzene rings is 1. The lowest BCUT2D eigenvalue weighted by Crippen LogP contribution is -2.38. The Morgan fingerprint density at radius 3 is 2.63 bits per heavy atom. The Morgan fingerprint density at radius 1 is 1.20 bits per heavy atom. The third-order valence-corrected chi connectivity index (χ3v) is 8.35. The number of nitrogens with zero attached hydrogens (tertiary/aromatic N) is 4. The van der Waals surface area contributed by atoms with E-state index in [2.05, 4.69) is 10.3 Å². The summed E-state index contributed by atoms with van der Waals surface area (Å²) < 4.78 is 7.87. The first-order valence-electron chi connectivity index (χ1n) is 12.5. The van der Waals surface area contributed by atoms with Crippen molar-refractivity contribution in [1.29, 1.82) is 0 Å². The molecule has 0 spiro atoms. The van der Waals surface area contributed by atoms with E-state index in [0.717, 1.165) is 18.4 Å². The fraction of sp³-hybridized carbons (Fsp3) is 0.615. The molecule has 3 fully saturated rings. The van der Waals surface area contributed by atoms with Gasteiger partial charge in [-0.25, -0.2) is 4.68 Å². The van der Waals surface area contributed by atoms with Crippen LogP contribution in [0.25, 0.3) is 0 Å². The van der Waals surface area contributed by atoms with Crippen LogP contribution in [-0.4, -0.2) is 54.6 Å². The van der Waals surface area contributed by atoms with Crippen molar-refractivity contribution < 1.29 is 24.5 Å². The molecular formula is C26H34N4O5. The highest BCUT2D eigenvalue weighted by Gasteiger charge is 2.67. The molecule has 3 aliphatic carbocycles. The smallest absolute Gasteiger partial charge is 0.310 e. The van der Waals surface area contributed by atoms with E-state index in [9.17, 15) is 19.8 Å². The van der Waals surface area contributed by atoms with Gasteiger partial charge in [-0.05, 0) is 63.9 Å². The van der Waals surface area contributed by atoms with E-state index in [-0.39, 0.29) is 30.4 Å². The summed E-state index contributed by atoms with van der Waals surface area (Å²) >= 11 is 0. The number of aliphatic carboxylic acids is 1. The predicted molar refractivity (Wildman–Crippen MR) is 126 cm³/mol. The van der Waals surface area contributed by atoms with Crippen LogP contribution in [0.15, 0.2) is 30.5 Å². The lowest BCUT2D eigenvalue weighted by atomic mass is 9.79. The molecule has 3 atom stereocenters. The van der Waals surface area contributed by atoms with Crippen LogP contribution in [0, 0.1) is 17.3 Å². The summed E-state index contributed by atoms with van der Waals surface area (Å²) in [6.45, 7) is 2.52. The van der Waals surface area contributed by atoms with Crippen molar-refractivity contribution in [2.24, 2.45) is 17.3 Å². The minimum absolute atomic E-state index is 0.0507. The number of fused-ring (bicyclic) bond motifs is 1. The Hall–Kier alpha value is -2.94. The van der Waals surface area contributed by atoms with E-state index < -0.39 is 17.0 Å². The molecule has 9 heteroatoms. The first kappa shape index (κ1) is 23.8. The van der Waals surface area contributed by atoms with Crippen molar-refractivity contribution in [3.8, 4) is 5.75 Å². The Kier molecular flexibility index (Phi) is 6.07. The zero-order chi connectivity index (χ0) is 24.8. The topological polar surface area (TPSA) is 118 Å². The maximum Gasteiger partial charge on any atom is 0.310 e. The summed E-state index contributed by atoms with van der Waals surface area (Å²) in [6.07, 6.45) is 6.80. The SMILES string of the molecule is CN(Cc1ccccc1OCc1cn([C@@H]2CC[C@@]3(C(=O)O)C[C@@H]23)nn1)C(=O)C1CCC(C)(O)CC1. The molecule has 1 aromatic heterocycles. The van der Waals surface area contributed by atoms with Gasteiger partial charge in [-0.1, -0.05) is 23.4 Å². The lowest BCUT2D eigenvalue weighted by Gasteiger charge is -2.34. The molecule has 0 saturated heterocycles. The Morgan fingerprint density at radius 2 is 1.94 bits per heavy atom. The fourth-order valence-electron chi connectivity index (χ4n) is 6.00. The summed E-state index contributed by atoms with van der Waals surface area (Å²) in [5.74, 6) is 0.197. The molecule has 0 unspecified atom stereocenters. The van der Waals surface area contributed by atoms with E-state index in [1.807, 2.05) is 44.4 Å². The second-order valence-electron chi connectivity index (χ2n) is 10.9. The Bertz CT molecular complexity index is 1100. The molecule has 0 radical (unpaired) electrons. The molecule has 0 aliphatic heterocycles. The molecule has 2 N–H and O–H groups in total. The number of amides is 1. The summed E-state index contributed by atoms with van der Waals surface area (Å²) in [7, 11) is 1.81. The van der Waals surface area contributed by atoms with Crippen LogP contribution in [0.3, 0.4) is 0 Å². The van der Waals surface area contributed by atoms with E-state index in [0.29, 0.717) is 50.1 Å². The average Bonchev–Trinajstić information content (AvgIpc) is 3.19. The van der Waals surface area contributed by atoms with Gasteiger partial charge in [0.2, 0.25) is 5.91 Å². The van der Waals surface area contributed by atoms with Gasteiger partial charge in [0, 0.05) is 25.1 Å². The van der Waals surface area contributed by atoms with Gasteiger partial charge >= 0.3 is 5.97 Å². The maximum atomic E-state index is 13.0. The van der Waals surface area contributed by atoms with Crippen LogP contribution >= 0.6 is 0 Å². The van der Waals surface area contributed by atoms with E-state index >= 15 is 0 Å². The molecule has 1 amide bonds. The monoisotopic (exact) mass is 482 g/mol. The number of carboxylic acids is 1. The molecule has 5 rings (SSSR count). The van der Waals surface area contributed by atoms with Crippen molar-refractivity contribution in [2.75, 3.05) is 7.05 Å². The van der Waals surface area contributed by atoms with Gasteiger partial charge in [0.05, 0.1) is 23.3 Å². The Balaban J connectivity index is 1.18. The summed E-state index contributed by atoms with van der Waals surface area (Å²) in [4.78, 5) is 26.3. The number of ether oxygens (including phenoxy) is 1. The number of carboxylic acid groups (broad SMARTS) is 1. The van der Waals surface area contributed by atoms with E-state index in [1.165, 1.54) is 0 Å². The number of carbonyl (C=O) groups excluding carboxylic acids is 1. The van der Waals surface area contributed by atoms with Crippen LogP contribution in [0.2, 0.25) is 0 Å². The highest BCUT2D eigenvalue weighted by atomic mass is 16.5. The van der Waals surface area contributed by atoms with Crippen molar-refractivity contribution in [1.82, 2.24) is 19.9 Å². The number of para-hydroxylation sites is 1. The van der Waals surface area contributed by atoms with Gasteiger partial charge in [0.15, 0.2) is 0 Å². The van der Waals surface area contributed by atoms with Crippen LogP contribution in [-0.2, 0) is 22.7 Å². The first-order chi connectivity index (χ1) is 16.7. The quantitative estimate of drug-likeness (QED) is 0.593. The van der Waals surface area contributed by atoms with Crippen LogP contribution < -0.4 is 4.74 Å². The van der Waals surface area contributed by atoms with E-state index in [4.69, 9.17) is 4.74 Å². The van der Waals surface area contributed by atoms with Crippen molar-refractivity contribution in [3.63, 3.8) is 0 Å². The molecule has 188 valence electrons. The summed E-state index contributed by atoms with van der Waals surface area (Å²) in [5.41, 5.74) is 0.393. The summed E-state index contributed by atoms with van der Waals surface area (Å²) in [5, 5.41) is 28.2. The second kappa shape index (κ2) is 8.93. The van der Waals surface area contributed by atoms with Crippen LogP contribution in [0.1, 0.15) is 69.2 Å². The first-order valence-corrected chi connectivity index (χ1v) is 12.5. The molecule has 2 aromatic rings. The van der Waals surface area contributed by atoms with Crippen LogP contribution in [0.4, 0.5) is 0 Å². The molecular weight excluding hydrogens is 448 g/mol. The van der Waals surface area contributed by atoms with Gasteiger partial charge in [-0.2, -0.15) is 0 Å². The maximum absolute atomic E-state index is 13.0. The molecule has 1 heterocycles. The number of hydrogen-bond donors (Lipinski definition) is 2. The molecule has 1 aromatic carbocycles. The number of aliphatic hydroxyl groups is 1. The van der Waals surface area contributed by atoms with Crippen LogP contribution in [0.5, 0.6) is 5.75 Å². The number of hydrogen-bond acceptors (Lipinski definition) is 6. The van der Waals surface area contributed by atoms with Crippen molar-refractivity contribution in [2.45, 2.75) is 76.7 Å². The number of rotatable bonds is 8. The zero-order valence-corrected chi connectivity index (χ0v) is 20.4. The zero-order valence-electron chi connectivity index (χ0n) is 20.4. The predicted octanol–water partition coefficient (Wildman–Crippen LogP) is 3.18. The fourth-order valence-corrected chi connectivity index (χ4v) is 6.00. The second-order valence-corrected chi connectivity index (χ2v) is 10.9. The highest BCUT2D eigenvalue weighted by molar-refractivity contribution is 5.79. The average molecular weight is 483 g/mol. The third kappa shape index (κ3) is 4.66. The summed E-state index contributed by atoms with van der Waals surface area (Å²) in [6, 6.07) is 7.76. The third-order valence-electron chi connectivity index (χ3n) is 8.35. The van der Waals surface area contributed by atoms with Crippen molar-refractivity contribution in [3.05, 3.63) is 41.7 Å². The molecule has 3 aliphatic rings. The lowest BCUT2D eigenvalue weighted by molar-refractivity contribution is -0.143. The minimum Gasteiger partial charge on any atom is -0.487 e. The molecule has 9 nitrogen and oxygen atoms in total.